The fraction of sp³-hybridized carbons (Fsp3) is 0.579. The maximum Gasteiger partial charge on any atom is 0.243 e. The van der Waals surface area contributed by atoms with Gasteiger partial charge in [0.05, 0.1) is 12.1 Å². The molecule has 0 saturated carbocycles. The third kappa shape index (κ3) is 5.11. The van der Waals surface area contributed by atoms with Crippen molar-refractivity contribution in [2.24, 2.45) is 5.92 Å². The number of nitrogens with one attached hydrogen (secondary N) is 1. The van der Waals surface area contributed by atoms with Crippen molar-refractivity contribution < 1.29 is 9.63 Å². The van der Waals surface area contributed by atoms with Crippen molar-refractivity contribution in [3.63, 3.8) is 0 Å². The van der Waals surface area contributed by atoms with E-state index in [-0.39, 0.29) is 6.04 Å². The van der Waals surface area contributed by atoms with Gasteiger partial charge in [0.25, 0.3) is 0 Å². The summed E-state index contributed by atoms with van der Waals surface area (Å²) in [6.07, 6.45) is 1.88. The molecule has 0 bridgehead atoms. The first-order valence-corrected chi connectivity index (χ1v) is 9.11. The fourth-order valence-electron chi connectivity index (χ4n) is 3.32. The van der Waals surface area contributed by atoms with Gasteiger partial charge in [-0.25, -0.2) is 0 Å². The Balaban J connectivity index is 1.38. The third-order valence-corrected chi connectivity index (χ3v) is 4.95. The molecule has 0 radical (unpaired) electrons. The Hall–Kier alpha value is -1.76. The first-order valence-electron chi connectivity index (χ1n) is 9.11. The van der Waals surface area contributed by atoms with Crippen LogP contribution in [0, 0.1) is 12.8 Å². The minimum absolute atomic E-state index is 0.0825. The number of benzene rings is 1. The number of aliphatic hydroxyl groups is 1. The molecule has 136 valence electrons. The molecule has 0 unspecified atom stereocenters. The van der Waals surface area contributed by atoms with E-state index >= 15 is 0 Å². The molecule has 6 nitrogen and oxygen atoms in total. The number of hydrogen-bond acceptors (Lipinski definition) is 6. The first-order chi connectivity index (χ1) is 12.1. The summed E-state index contributed by atoms with van der Waals surface area (Å²) in [5.41, 5.74) is 0.995. The number of hydrogen-bond donors (Lipinski definition) is 2. The topological polar surface area (TPSA) is 74.4 Å². The van der Waals surface area contributed by atoms with E-state index in [9.17, 15) is 5.11 Å². The van der Waals surface area contributed by atoms with E-state index in [2.05, 4.69) is 27.3 Å². The molecule has 0 aliphatic carbocycles. The van der Waals surface area contributed by atoms with Crippen LogP contribution in [-0.2, 0) is 0 Å². The number of aliphatic hydroxyl groups excluding tert-OH is 1. The zero-order valence-corrected chi connectivity index (χ0v) is 15.1. The van der Waals surface area contributed by atoms with Crippen LogP contribution in [0.1, 0.15) is 49.2 Å². The van der Waals surface area contributed by atoms with E-state index in [0.717, 1.165) is 38.0 Å². The maximum atomic E-state index is 10.4. The lowest BCUT2D eigenvalue weighted by Gasteiger charge is -2.33. The Morgan fingerprint density at radius 1 is 1.28 bits per heavy atom. The SMILES string of the molecule is Cc1noc([C@@H](C)NCC2CCN(C[C@@H](O)c3ccccc3)CC2)n1. The maximum absolute atomic E-state index is 10.4. The standard InChI is InChI=1S/C19H28N4O2/c1-14(19-21-15(2)22-25-19)20-12-16-8-10-23(11-9-16)13-18(24)17-6-4-3-5-7-17/h3-7,14,16,18,20,24H,8-13H2,1-2H3/t14-,18-/m1/s1. The van der Waals surface area contributed by atoms with Crippen molar-refractivity contribution in [2.75, 3.05) is 26.2 Å². The minimum Gasteiger partial charge on any atom is -0.387 e. The Labute approximate surface area is 149 Å². The van der Waals surface area contributed by atoms with Gasteiger partial charge in [0.15, 0.2) is 5.82 Å². The molecule has 1 aliphatic heterocycles. The predicted octanol–water partition coefficient (Wildman–Crippen LogP) is 2.47. The highest BCUT2D eigenvalue weighted by Crippen LogP contribution is 2.21. The van der Waals surface area contributed by atoms with Crippen molar-refractivity contribution >= 4 is 0 Å². The molecule has 1 aromatic carbocycles. The molecule has 2 heterocycles. The van der Waals surface area contributed by atoms with Crippen LogP contribution >= 0.6 is 0 Å². The molecule has 1 saturated heterocycles. The average molecular weight is 344 g/mol. The number of nitrogens with zero attached hydrogens (tertiary/aromatic N) is 3. The van der Waals surface area contributed by atoms with Gasteiger partial charge in [0, 0.05) is 6.54 Å². The number of aromatic nitrogens is 2. The molecule has 2 atom stereocenters. The highest BCUT2D eigenvalue weighted by atomic mass is 16.5. The van der Waals surface area contributed by atoms with Gasteiger partial charge in [-0.3, -0.25) is 0 Å². The number of β-amino-alcohol motifs (C(OH)–C–C–N with tert-alkyl or cyclic N) is 1. The van der Waals surface area contributed by atoms with Crippen LogP contribution in [0.5, 0.6) is 0 Å². The summed E-state index contributed by atoms with van der Waals surface area (Å²) < 4.78 is 5.21. The molecule has 2 aromatic rings. The van der Waals surface area contributed by atoms with Crippen LogP contribution in [0.3, 0.4) is 0 Å². The quantitative estimate of drug-likeness (QED) is 0.804. The Bertz CT molecular complexity index is 638. The van der Waals surface area contributed by atoms with Crippen LogP contribution < -0.4 is 5.32 Å². The van der Waals surface area contributed by atoms with E-state index in [0.29, 0.717) is 24.2 Å². The fourth-order valence-corrected chi connectivity index (χ4v) is 3.32. The normalized spacial score (nSPS) is 19.0. The van der Waals surface area contributed by atoms with Gasteiger partial charge in [-0.2, -0.15) is 4.98 Å². The van der Waals surface area contributed by atoms with E-state index in [1.165, 1.54) is 0 Å². The lowest BCUT2D eigenvalue weighted by molar-refractivity contribution is 0.0886. The lowest BCUT2D eigenvalue weighted by atomic mass is 9.96. The third-order valence-electron chi connectivity index (χ3n) is 4.95. The lowest BCUT2D eigenvalue weighted by Crippen LogP contribution is -2.39. The van der Waals surface area contributed by atoms with Gasteiger partial charge in [-0.15, -0.1) is 0 Å². The molecule has 3 rings (SSSR count). The predicted molar refractivity (Wildman–Crippen MR) is 96.0 cm³/mol. The summed E-state index contributed by atoms with van der Waals surface area (Å²) in [6.45, 7) is 7.62. The van der Waals surface area contributed by atoms with E-state index in [1.54, 1.807) is 0 Å². The zero-order chi connectivity index (χ0) is 17.6. The highest BCUT2D eigenvalue weighted by Gasteiger charge is 2.22. The van der Waals surface area contributed by atoms with Gasteiger partial charge in [-0.1, -0.05) is 35.5 Å². The molecular formula is C19H28N4O2. The average Bonchev–Trinajstić information content (AvgIpc) is 3.08. The van der Waals surface area contributed by atoms with Gasteiger partial charge in [-0.05, 0) is 57.8 Å². The molecular weight excluding hydrogens is 316 g/mol. The Morgan fingerprint density at radius 2 is 2.00 bits per heavy atom. The van der Waals surface area contributed by atoms with E-state index in [4.69, 9.17) is 4.52 Å². The second kappa shape index (κ2) is 8.56. The molecule has 1 aromatic heterocycles. The molecule has 2 N–H and O–H groups in total. The van der Waals surface area contributed by atoms with Crippen molar-refractivity contribution in [3.8, 4) is 0 Å². The van der Waals surface area contributed by atoms with Gasteiger partial charge < -0.3 is 19.8 Å². The molecule has 0 amide bonds. The highest BCUT2D eigenvalue weighted by molar-refractivity contribution is 5.17. The van der Waals surface area contributed by atoms with Gasteiger partial charge in [0.2, 0.25) is 5.89 Å². The summed E-state index contributed by atoms with van der Waals surface area (Å²) in [4.78, 5) is 6.63. The Morgan fingerprint density at radius 3 is 2.64 bits per heavy atom. The monoisotopic (exact) mass is 344 g/mol. The summed E-state index contributed by atoms with van der Waals surface area (Å²) in [5, 5.41) is 17.7. The zero-order valence-electron chi connectivity index (χ0n) is 15.1. The van der Waals surface area contributed by atoms with Crippen LogP contribution in [0.4, 0.5) is 0 Å². The minimum atomic E-state index is -0.406. The largest absolute Gasteiger partial charge is 0.387 e. The second-order valence-corrected chi connectivity index (χ2v) is 6.98. The Kier molecular flexibility index (Phi) is 6.18. The van der Waals surface area contributed by atoms with Crippen LogP contribution in [0.2, 0.25) is 0 Å². The summed E-state index contributed by atoms with van der Waals surface area (Å²) in [6, 6.07) is 9.99. The van der Waals surface area contributed by atoms with Crippen molar-refractivity contribution in [1.82, 2.24) is 20.4 Å². The number of piperidine rings is 1. The molecule has 0 spiro atoms. The molecule has 25 heavy (non-hydrogen) atoms. The number of aryl methyl sites for hydroxylation is 1. The summed E-state index contributed by atoms with van der Waals surface area (Å²) in [5.74, 6) is 1.98. The molecule has 1 fully saturated rings. The van der Waals surface area contributed by atoms with Crippen LogP contribution in [0.25, 0.3) is 0 Å². The molecule has 1 aliphatic rings. The smallest absolute Gasteiger partial charge is 0.243 e. The van der Waals surface area contributed by atoms with E-state index < -0.39 is 6.10 Å². The van der Waals surface area contributed by atoms with Crippen LogP contribution in [0.15, 0.2) is 34.9 Å². The van der Waals surface area contributed by atoms with E-state index in [1.807, 2.05) is 37.3 Å². The molecule has 6 heteroatoms. The van der Waals surface area contributed by atoms with Gasteiger partial charge in [0.1, 0.15) is 0 Å². The van der Waals surface area contributed by atoms with Crippen LogP contribution in [-0.4, -0.2) is 46.3 Å². The van der Waals surface area contributed by atoms with Crippen molar-refractivity contribution in [2.45, 2.75) is 38.8 Å². The second-order valence-electron chi connectivity index (χ2n) is 6.98. The van der Waals surface area contributed by atoms with Crippen molar-refractivity contribution in [3.05, 3.63) is 47.6 Å². The number of likely N-dealkylation sites (tertiary alicyclic amines) is 1. The first kappa shape index (κ1) is 18.0. The number of rotatable bonds is 7. The summed E-state index contributed by atoms with van der Waals surface area (Å²) >= 11 is 0. The van der Waals surface area contributed by atoms with Gasteiger partial charge >= 0.3 is 0 Å². The summed E-state index contributed by atoms with van der Waals surface area (Å²) in [7, 11) is 0. The van der Waals surface area contributed by atoms with Crippen molar-refractivity contribution in [1.29, 1.82) is 0 Å².